The van der Waals surface area contributed by atoms with Crippen molar-refractivity contribution in [1.82, 2.24) is 14.5 Å². The summed E-state index contributed by atoms with van der Waals surface area (Å²) in [5.74, 6) is 6.87. The van der Waals surface area contributed by atoms with E-state index in [0.717, 1.165) is 16.7 Å². The van der Waals surface area contributed by atoms with E-state index in [4.69, 9.17) is 9.47 Å². The molecule has 0 spiro atoms. The Hall–Kier alpha value is -2.68. The average Bonchev–Trinajstić information content (AvgIpc) is 2.95. The number of hydrogen-bond acceptors (Lipinski definition) is 4. The zero-order valence-electron chi connectivity index (χ0n) is 12.9. The van der Waals surface area contributed by atoms with E-state index in [1.54, 1.807) is 13.3 Å². The average molecular weight is 307 g/mol. The molecule has 1 aromatic carbocycles. The van der Waals surface area contributed by atoms with Gasteiger partial charge in [0, 0.05) is 18.9 Å². The van der Waals surface area contributed by atoms with Crippen LogP contribution in [0.15, 0.2) is 48.7 Å². The van der Waals surface area contributed by atoms with E-state index in [1.807, 2.05) is 47.0 Å². The maximum atomic E-state index is 5.61. The second-order valence-corrected chi connectivity index (χ2v) is 4.86. The molecule has 0 aliphatic carbocycles. The molecule has 0 aliphatic rings. The van der Waals surface area contributed by atoms with Gasteiger partial charge in [0.25, 0.3) is 0 Å². The molecule has 5 nitrogen and oxygen atoms in total. The van der Waals surface area contributed by atoms with E-state index in [1.165, 1.54) is 0 Å². The van der Waals surface area contributed by atoms with Crippen LogP contribution in [-0.4, -0.2) is 34.9 Å². The van der Waals surface area contributed by atoms with E-state index in [2.05, 4.69) is 21.8 Å². The van der Waals surface area contributed by atoms with E-state index in [-0.39, 0.29) is 0 Å². The fourth-order valence-electron chi connectivity index (χ4n) is 2.12. The molecule has 116 valence electrons. The molecule has 0 bridgehead atoms. The molecule has 0 aliphatic heterocycles. The quantitative estimate of drug-likeness (QED) is 0.537. The minimum absolute atomic E-state index is 0.343. The SMILES string of the molecule is COCCOCn1c(C#Cc2ccccc2)nc2cccnc21. The normalized spacial score (nSPS) is 10.5. The van der Waals surface area contributed by atoms with Crippen molar-refractivity contribution in [2.45, 2.75) is 6.73 Å². The molecule has 5 heteroatoms. The molecular weight excluding hydrogens is 290 g/mol. The summed E-state index contributed by atoms with van der Waals surface area (Å²) in [5.41, 5.74) is 2.52. The van der Waals surface area contributed by atoms with Crippen LogP contribution in [-0.2, 0) is 16.2 Å². The molecule has 0 radical (unpaired) electrons. The largest absolute Gasteiger partial charge is 0.382 e. The van der Waals surface area contributed by atoms with Crippen LogP contribution in [0.4, 0.5) is 0 Å². The molecule has 23 heavy (non-hydrogen) atoms. The molecule has 0 amide bonds. The fraction of sp³-hybridized carbons (Fsp3) is 0.222. The molecule has 3 rings (SSSR count). The van der Waals surface area contributed by atoms with Crippen molar-refractivity contribution >= 4 is 11.2 Å². The van der Waals surface area contributed by atoms with Gasteiger partial charge in [-0.3, -0.25) is 4.57 Å². The van der Waals surface area contributed by atoms with Crippen LogP contribution < -0.4 is 0 Å². The smallest absolute Gasteiger partial charge is 0.189 e. The first kappa shape index (κ1) is 15.2. The van der Waals surface area contributed by atoms with E-state index in [0.29, 0.717) is 25.8 Å². The van der Waals surface area contributed by atoms with E-state index < -0.39 is 0 Å². The summed E-state index contributed by atoms with van der Waals surface area (Å²) in [5, 5.41) is 0. The van der Waals surface area contributed by atoms with Gasteiger partial charge in [-0.1, -0.05) is 24.1 Å². The Morgan fingerprint density at radius 1 is 1.04 bits per heavy atom. The zero-order chi connectivity index (χ0) is 15.9. The minimum atomic E-state index is 0.343. The Kier molecular flexibility index (Phi) is 4.99. The summed E-state index contributed by atoms with van der Waals surface area (Å²) >= 11 is 0. The molecule has 0 N–H and O–H groups in total. The first-order chi connectivity index (χ1) is 11.4. The number of imidazole rings is 1. The molecule has 0 unspecified atom stereocenters. The first-order valence-corrected chi connectivity index (χ1v) is 7.33. The third-order valence-electron chi connectivity index (χ3n) is 3.25. The van der Waals surface area contributed by atoms with Crippen molar-refractivity contribution in [3.63, 3.8) is 0 Å². The number of rotatable bonds is 5. The molecule has 0 fully saturated rings. The molecule has 0 atom stereocenters. The van der Waals surface area contributed by atoms with Crippen molar-refractivity contribution in [2.24, 2.45) is 0 Å². The standard InChI is InChI=1S/C18H17N3O2/c1-22-12-13-23-14-21-17(10-9-15-6-3-2-4-7-15)20-16-8-5-11-19-18(16)21/h2-8,11H,12-14H2,1H3. The van der Waals surface area contributed by atoms with Gasteiger partial charge in [-0.05, 0) is 30.2 Å². The summed E-state index contributed by atoms with van der Waals surface area (Å²) in [6.07, 6.45) is 1.74. The van der Waals surface area contributed by atoms with Gasteiger partial charge >= 0.3 is 0 Å². The Labute approximate surface area is 134 Å². The second kappa shape index (κ2) is 7.54. The van der Waals surface area contributed by atoms with Crippen molar-refractivity contribution in [2.75, 3.05) is 20.3 Å². The summed E-state index contributed by atoms with van der Waals surface area (Å²) in [6, 6.07) is 13.6. The van der Waals surface area contributed by atoms with Gasteiger partial charge in [0.05, 0.1) is 13.2 Å². The highest BCUT2D eigenvalue weighted by atomic mass is 16.5. The number of aromatic nitrogens is 3. The molecule has 0 saturated heterocycles. The summed E-state index contributed by atoms with van der Waals surface area (Å²) < 4.78 is 12.5. The Morgan fingerprint density at radius 2 is 1.91 bits per heavy atom. The van der Waals surface area contributed by atoms with Gasteiger partial charge in [-0.15, -0.1) is 0 Å². The van der Waals surface area contributed by atoms with Crippen LogP contribution in [0, 0.1) is 11.8 Å². The van der Waals surface area contributed by atoms with E-state index in [9.17, 15) is 0 Å². The zero-order valence-corrected chi connectivity index (χ0v) is 12.9. The third-order valence-corrected chi connectivity index (χ3v) is 3.25. The topological polar surface area (TPSA) is 49.2 Å². The molecular formula is C18H17N3O2. The highest BCUT2D eigenvalue weighted by molar-refractivity contribution is 5.72. The summed E-state index contributed by atoms with van der Waals surface area (Å²) in [4.78, 5) is 8.92. The maximum absolute atomic E-state index is 5.61. The maximum Gasteiger partial charge on any atom is 0.189 e. The Balaban J connectivity index is 1.91. The van der Waals surface area contributed by atoms with Gasteiger partial charge in [0.15, 0.2) is 11.5 Å². The molecule has 2 heterocycles. The molecule has 0 saturated carbocycles. The number of nitrogens with zero attached hydrogens (tertiary/aromatic N) is 3. The van der Waals surface area contributed by atoms with Gasteiger partial charge < -0.3 is 9.47 Å². The van der Waals surface area contributed by atoms with Gasteiger partial charge in [-0.2, -0.15) is 0 Å². The summed E-state index contributed by atoms with van der Waals surface area (Å²) in [7, 11) is 1.65. The van der Waals surface area contributed by atoms with Crippen LogP contribution in [0.1, 0.15) is 11.4 Å². The highest BCUT2D eigenvalue weighted by Crippen LogP contribution is 2.13. The lowest BCUT2D eigenvalue weighted by Gasteiger charge is -2.06. The van der Waals surface area contributed by atoms with Crippen LogP contribution in [0.5, 0.6) is 0 Å². The third kappa shape index (κ3) is 3.75. The van der Waals surface area contributed by atoms with Crippen molar-refractivity contribution in [3.8, 4) is 11.8 Å². The lowest BCUT2D eigenvalue weighted by atomic mass is 10.2. The predicted molar refractivity (Wildman–Crippen MR) is 87.8 cm³/mol. The van der Waals surface area contributed by atoms with Crippen molar-refractivity contribution in [3.05, 3.63) is 60.0 Å². The van der Waals surface area contributed by atoms with Gasteiger partial charge in [0.2, 0.25) is 0 Å². The highest BCUT2D eigenvalue weighted by Gasteiger charge is 2.09. The molecule has 2 aromatic heterocycles. The monoisotopic (exact) mass is 307 g/mol. The number of fused-ring (bicyclic) bond motifs is 1. The van der Waals surface area contributed by atoms with Gasteiger partial charge in [-0.25, -0.2) is 9.97 Å². The van der Waals surface area contributed by atoms with Crippen LogP contribution in [0.25, 0.3) is 11.2 Å². The number of methoxy groups -OCH3 is 1. The van der Waals surface area contributed by atoms with Crippen molar-refractivity contribution in [1.29, 1.82) is 0 Å². The van der Waals surface area contributed by atoms with E-state index >= 15 is 0 Å². The lowest BCUT2D eigenvalue weighted by Crippen LogP contribution is -2.09. The second-order valence-electron chi connectivity index (χ2n) is 4.86. The Morgan fingerprint density at radius 3 is 2.74 bits per heavy atom. The summed E-state index contributed by atoms with van der Waals surface area (Å²) in [6.45, 7) is 1.40. The predicted octanol–water partition coefficient (Wildman–Crippen LogP) is 2.45. The van der Waals surface area contributed by atoms with Crippen LogP contribution in [0.3, 0.4) is 0 Å². The number of hydrogen-bond donors (Lipinski definition) is 0. The molecule has 3 aromatic rings. The number of pyridine rings is 1. The number of benzene rings is 1. The van der Waals surface area contributed by atoms with Crippen molar-refractivity contribution < 1.29 is 9.47 Å². The number of ether oxygens (including phenoxy) is 2. The minimum Gasteiger partial charge on any atom is -0.382 e. The first-order valence-electron chi connectivity index (χ1n) is 7.33. The van der Waals surface area contributed by atoms with Crippen LogP contribution in [0.2, 0.25) is 0 Å². The fourth-order valence-corrected chi connectivity index (χ4v) is 2.12. The Bertz CT molecular complexity index is 832. The lowest BCUT2D eigenvalue weighted by molar-refractivity contribution is 0.0353. The van der Waals surface area contributed by atoms with Crippen LogP contribution >= 0.6 is 0 Å². The van der Waals surface area contributed by atoms with Gasteiger partial charge in [0.1, 0.15) is 12.2 Å².